The minimum atomic E-state index is -1.29. The fourth-order valence-corrected chi connectivity index (χ4v) is 4.98. The van der Waals surface area contributed by atoms with Gasteiger partial charge in [-0.1, -0.05) is 36.4 Å². The molecule has 1 amide bonds. The van der Waals surface area contributed by atoms with E-state index in [0.717, 1.165) is 22.3 Å². The molecule has 5 rings (SSSR count). The molecule has 0 saturated carbocycles. The number of carbonyl (C=O) groups is 1. The summed E-state index contributed by atoms with van der Waals surface area (Å²) < 4.78 is 6.07. The lowest BCUT2D eigenvalue weighted by Gasteiger charge is -2.41. The van der Waals surface area contributed by atoms with Crippen molar-refractivity contribution in [3.05, 3.63) is 93.1 Å². The number of benzene rings is 2. The van der Waals surface area contributed by atoms with Gasteiger partial charge in [-0.3, -0.25) is 9.69 Å². The van der Waals surface area contributed by atoms with Crippen LogP contribution in [0.2, 0.25) is 0 Å². The number of nitrogens with zero attached hydrogens (tertiary/aromatic N) is 2. The van der Waals surface area contributed by atoms with Gasteiger partial charge in [0.05, 0.1) is 0 Å². The molecule has 3 N–H and O–H groups in total. The number of rotatable bonds is 1. The van der Waals surface area contributed by atoms with Crippen LogP contribution in [0.15, 0.2) is 70.8 Å². The highest BCUT2D eigenvalue weighted by Crippen LogP contribution is 2.53. The molecule has 32 heavy (non-hydrogen) atoms. The molecule has 0 bridgehead atoms. The molecule has 160 valence electrons. The van der Waals surface area contributed by atoms with E-state index < -0.39 is 5.41 Å². The third-order valence-electron chi connectivity index (χ3n) is 6.62. The zero-order valence-corrected chi connectivity index (χ0v) is 18.3. The molecule has 0 aromatic heterocycles. The Hall–Kier alpha value is -3.82. The summed E-state index contributed by atoms with van der Waals surface area (Å²) in [7, 11) is 2.00. The number of aryl methyl sites for hydroxylation is 2. The second kappa shape index (κ2) is 7.11. The van der Waals surface area contributed by atoms with Crippen LogP contribution in [0.1, 0.15) is 22.3 Å². The van der Waals surface area contributed by atoms with E-state index in [-0.39, 0.29) is 17.4 Å². The standard InChI is InChI=1S/C26H24N4O2/c1-15-8-9-17(10-16(15)2)11-18-13-30(3)14-21-23(18)32-24(28)20(12-27)26(21)19-6-4-5-7-22(19)29-25(26)31/h4-11H,13-14,28H2,1-3H3,(H,29,31)/b18-11-. The van der Waals surface area contributed by atoms with E-state index in [1.807, 2.05) is 31.3 Å². The van der Waals surface area contributed by atoms with Gasteiger partial charge in [0.1, 0.15) is 22.8 Å². The van der Waals surface area contributed by atoms with E-state index in [1.54, 1.807) is 0 Å². The number of likely N-dealkylation sites (N-methyl/N-ethyl adjacent to an activating group) is 1. The van der Waals surface area contributed by atoms with Crippen LogP contribution in [0.25, 0.3) is 6.08 Å². The van der Waals surface area contributed by atoms with Crippen molar-refractivity contribution in [2.45, 2.75) is 19.3 Å². The lowest BCUT2D eigenvalue weighted by atomic mass is 9.67. The van der Waals surface area contributed by atoms with Gasteiger partial charge in [0, 0.05) is 35.5 Å². The van der Waals surface area contributed by atoms with Crippen LogP contribution in [0.3, 0.4) is 0 Å². The Morgan fingerprint density at radius 1 is 1.19 bits per heavy atom. The molecular formula is C26H24N4O2. The SMILES string of the molecule is Cc1ccc(/C=C2/CN(C)CC3=C2OC(N)=C(C#N)C32C(=O)Nc3ccccc32)cc1C. The van der Waals surface area contributed by atoms with E-state index in [0.29, 0.717) is 24.5 Å². The maximum atomic E-state index is 13.6. The number of ether oxygens (including phenoxy) is 1. The Balaban J connectivity index is 1.77. The Morgan fingerprint density at radius 3 is 2.72 bits per heavy atom. The number of carbonyl (C=O) groups excluding carboxylic acids is 1. The predicted octanol–water partition coefficient (Wildman–Crippen LogP) is 3.50. The number of hydrogen-bond donors (Lipinski definition) is 2. The zero-order valence-electron chi connectivity index (χ0n) is 18.3. The Bertz CT molecular complexity index is 1310. The molecule has 1 unspecified atom stereocenters. The molecule has 0 saturated heterocycles. The molecule has 3 aliphatic rings. The summed E-state index contributed by atoms with van der Waals surface area (Å²) in [6.07, 6.45) is 2.08. The van der Waals surface area contributed by atoms with E-state index in [9.17, 15) is 10.1 Å². The van der Waals surface area contributed by atoms with Gasteiger partial charge in [-0.2, -0.15) is 5.26 Å². The lowest BCUT2D eigenvalue weighted by molar-refractivity contribution is -0.119. The first-order valence-corrected chi connectivity index (χ1v) is 10.6. The van der Waals surface area contributed by atoms with Crippen molar-refractivity contribution in [1.29, 1.82) is 5.26 Å². The molecule has 2 aromatic carbocycles. The summed E-state index contributed by atoms with van der Waals surface area (Å²) in [5.74, 6) is 0.299. The largest absolute Gasteiger partial charge is 0.440 e. The first-order valence-electron chi connectivity index (χ1n) is 10.6. The molecule has 0 radical (unpaired) electrons. The van der Waals surface area contributed by atoms with E-state index in [1.165, 1.54) is 11.1 Å². The van der Waals surface area contributed by atoms with Crippen molar-refractivity contribution < 1.29 is 9.53 Å². The highest BCUT2D eigenvalue weighted by atomic mass is 16.5. The first kappa shape index (κ1) is 20.1. The fraction of sp³-hybridized carbons (Fsp3) is 0.231. The van der Waals surface area contributed by atoms with Crippen molar-refractivity contribution in [2.24, 2.45) is 5.73 Å². The normalized spacial score (nSPS) is 23.7. The van der Waals surface area contributed by atoms with Crippen LogP contribution < -0.4 is 11.1 Å². The van der Waals surface area contributed by atoms with Crippen molar-refractivity contribution in [2.75, 3.05) is 25.5 Å². The van der Waals surface area contributed by atoms with Crippen LogP contribution in [0, 0.1) is 25.2 Å². The van der Waals surface area contributed by atoms with Gasteiger partial charge in [0.25, 0.3) is 0 Å². The van der Waals surface area contributed by atoms with Gasteiger partial charge in [0.15, 0.2) is 0 Å². The number of anilines is 1. The number of nitriles is 1. The van der Waals surface area contributed by atoms with Gasteiger partial charge in [-0.15, -0.1) is 0 Å². The molecule has 6 heteroatoms. The third kappa shape index (κ3) is 2.72. The zero-order chi connectivity index (χ0) is 22.6. The maximum absolute atomic E-state index is 13.6. The van der Waals surface area contributed by atoms with E-state index >= 15 is 0 Å². The Labute approximate surface area is 187 Å². The number of amides is 1. The minimum absolute atomic E-state index is 0.0198. The Kier molecular flexibility index (Phi) is 4.47. The van der Waals surface area contributed by atoms with Crippen LogP contribution in [-0.4, -0.2) is 30.9 Å². The second-order valence-corrected chi connectivity index (χ2v) is 8.70. The van der Waals surface area contributed by atoms with Gasteiger partial charge in [-0.05, 0) is 49.7 Å². The smallest absolute Gasteiger partial charge is 0.244 e. The molecule has 3 heterocycles. The summed E-state index contributed by atoms with van der Waals surface area (Å²) in [5, 5.41) is 13.0. The molecule has 1 spiro atoms. The average Bonchev–Trinajstić information content (AvgIpc) is 3.04. The highest BCUT2D eigenvalue weighted by molar-refractivity contribution is 6.12. The van der Waals surface area contributed by atoms with Crippen LogP contribution in [0.4, 0.5) is 5.69 Å². The number of para-hydroxylation sites is 1. The topological polar surface area (TPSA) is 91.4 Å². The monoisotopic (exact) mass is 424 g/mol. The summed E-state index contributed by atoms with van der Waals surface area (Å²) in [5.41, 5.74) is 11.7. The molecule has 0 aliphatic carbocycles. The lowest BCUT2D eigenvalue weighted by Crippen LogP contribution is -2.48. The minimum Gasteiger partial charge on any atom is -0.440 e. The van der Waals surface area contributed by atoms with Crippen molar-refractivity contribution in [3.8, 4) is 6.07 Å². The summed E-state index contributed by atoms with van der Waals surface area (Å²) in [4.78, 5) is 15.7. The summed E-state index contributed by atoms with van der Waals surface area (Å²) in [6.45, 7) is 5.29. The Morgan fingerprint density at radius 2 is 1.97 bits per heavy atom. The molecule has 0 fully saturated rings. The number of hydrogen-bond acceptors (Lipinski definition) is 5. The van der Waals surface area contributed by atoms with Gasteiger partial charge >= 0.3 is 0 Å². The summed E-state index contributed by atoms with van der Waals surface area (Å²) in [6, 6.07) is 15.9. The van der Waals surface area contributed by atoms with Crippen molar-refractivity contribution in [1.82, 2.24) is 4.90 Å². The van der Waals surface area contributed by atoms with Gasteiger partial charge in [0.2, 0.25) is 11.8 Å². The molecule has 1 atom stereocenters. The molecule has 2 aromatic rings. The second-order valence-electron chi connectivity index (χ2n) is 8.70. The van der Waals surface area contributed by atoms with Crippen LogP contribution >= 0.6 is 0 Å². The van der Waals surface area contributed by atoms with E-state index in [4.69, 9.17) is 10.5 Å². The van der Waals surface area contributed by atoms with Crippen LogP contribution in [-0.2, 0) is 14.9 Å². The van der Waals surface area contributed by atoms with Crippen molar-refractivity contribution >= 4 is 17.7 Å². The fourth-order valence-electron chi connectivity index (χ4n) is 4.98. The maximum Gasteiger partial charge on any atom is 0.244 e. The molecule has 6 nitrogen and oxygen atoms in total. The highest BCUT2D eigenvalue weighted by Gasteiger charge is 2.58. The van der Waals surface area contributed by atoms with Crippen molar-refractivity contribution in [3.63, 3.8) is 0 Å². The molecular weight excluding hydrogens is 400 g/mol. The van der Waals surface area contributed by atoms with Gasteiger partial charge in [-0.25, -0.2) is 0 Å². The third-order valence-corrected chi connectivity index (χ3v) is 6.62. The number of nitrogens with two attached hydrogens (primary N) is 1. The van der Waals surface area contributed by atoms with E-state index in [2.05, 4.69) is 54.4 Å². The number of fused-ring (bicyclic) bond motifs is 3. The first-order chi connectivity index (χ1) is 15.4. The average molecular weight is 425 g/mol. The summed E-state index contributed by atoms with van der Waals surface area (Å²) >= 11 is 0. The predicted molar refractivity (Wildman–Crippen MR) is 123 cm³/mol. The molecule has 3 aliphatic heterocycles. The van der Waals surface area contributed by atoms with Crippen LogP contribution in [0.5, 0.6) is 0 Å². The van der Waals surface area contributed by atoms with Gasteiger partial charge < -0.3 is 15.8 Å². The quantitative estimate of drug-likeness (QED) is 0.731. The number of nitrogens with one attached hydrogen (secondary N) is 1.